The lowest BCUT2D eigenvalue weighted by molar-refractivity contribution is -0.137. The number of aryl methyl sites for hydroxylation is 1. The van der Waals surface area contributed by atoms with Crippen molar-refractivity contribution in [3.05, 3.63) is 114 Å². The zero-order chi connectivity index (χ0) is 35.6. The molecular formula is C36H32F5N5O4. The minimum Gasteiger partial charge on any atom is -0.439 e. The van der Waals surface area contributed by atoms with Crippen LogP contribution in [0.15, 0.2) is 91.1 Å². The van der Waals surface area contributed by atoms with Gasteiger partial charge in [-0.3, -0.25) is 14.5 Å². The first-order chi connectivity index (χ1) is 23.9. The normalized spacial score (nSPS) is 13.9. The number of hydrogen-bond donors (Lipinski definition) is 0. The van der Waals surface area contributed by atoms with E-state index in [1.54, 1.807) is 36.4 Å². The molecule has 0 aliphatic carbocycles. The zero-order valence-electron chi connectivity index (χ0n) is 27.0. The average Bonchev–Trinajstić information content (AvgIpc) is 3.43. The van der Waals surface area contributed by atoms with Crippen molar-refractivity contribution < 1.29 is 41.0 Å². The van der Waals surface area contributed by atoms with Crippen LogP contribution in [0.5, 0.6) is 17.4 Å². The Bertz CT molecular complexity index is 1970. The smallest absolute Gasteiger partial charge is 0.416 e. The van der Waals surface area contributed by atoms with Crippen LogP contribution < -0.4 is 14.4 Å². The summed E-state index contributed by atoms with van der Waals surface area (Å²) in [7, 11) is 3.31. The SMILES string of the molecule is CN(C(=O)c1ccc(C(F)(F)F)cc1)c1ccc(Oc2ccc3cc(C(=O)N4CCN(Cc5ccc(OC(F)F)cc5)CC4)n(C)c3c2)nc1. The lowest BCUT2D eigenvalue weighted by atomic mass is 10.1. The lowest BCUT2D eigenvalue weighted by Gasteiger charge is -2.34. The van der Waals surface area contributed by atoms with Crippen LogP contribution in [0.1, 0.15) is 32.0 Å². The molecule has 5 aromatic rings. The third kappa shape index (κ3) is 7.70. The maximum absolute atomic E-state index is 13.5. The summed E-state index contributed by atoms with van der Waals surface area (Å²) >= 11 is 0. The highest BCUT2D eigenvalue weighted by atomic mass is 19.4. The van der Waals surface area contributed by atoms with E-state index in [0.717, 1.165) is 40.7 Å². The van der Waals surface area contributed by atoms with Crippen LogP contribution in [0.25, 0.3) is 10.9 Å². The number of piperazine rings is 1. The van der Waals surface area contributed by atoms with E-state index in [9.17, 15) is 31.5 Å². The second-order valence-corrected chi connectivity index (χ2v) is 11.8. The number of nitrogens with zero attached hydrogens (tertiary/aromatic N) is 5. The number of halogens is 5. The molecule has 6 rings (SSSR count). The molecule has 2 aromatic heterocycles. The molecule has 9 nitrogen and oxygen atoms in total. The van der Waals surface area contributed by atoms with Gasteiger partial charge in [-0.05, 0) is 66.2 Å². The standard InChI is InChI=1S/C36H32F5N5O4/c1-43(33(47)24-5-8-26(9-6-24)36(39,40)41)27-10-14-32(42-21-27)49-29-13-7-25-19-31(44(2)30(25)20-29)34(48)46-17-15-45(16-18-46)22-23-3-11-28(12-4-23)50-35(37)38/h3-14,19-21,35H,15-18,22H2,1-2H3. The number of pyridine rings is 1. The molecule has 2 amide bonds. The largest absolute Gasteiger partial charge is 0.439 e. The van der Waals surface area contributed by atoms with Crippen molar-refractivity contribution in [3.63, 3.8) is 0 Å². The molecule has 50 heavy (non-hydrogen) atoms. The van der Waals surface area contributed by atoms with Gasteiger partial charge in [-0.15, -0.1) is 0 Å². The molecule has 1 aliphatic heterocycles. The molecule has 0 N–H and O–H groups in total. The summed E-state index contributed by atoms with van der Waals surface area (Å²) in [4.78, 5) is 36.0. The van der Waals surface area contributed by atoms with Gasteiger partial charge in [-0.25, -0.2) is 4.98 Å². The van der Waals surface area contributed by atoms with Crippen molar-refractivity contribution in [2.75, 3.05) is 38.1 Å². The van der Waals surface area contributed by atoms with Gasteiger partial charge in [0.05, 0.1) is 23.0 Å². The van der Waals surface area contributed by atoms with E-state index in [1.165, 1.54) is 30.3 Å². The van der Waals surface area contributed by atoms with E-state index < -0.39 is 24.3 Å². The third-order valence-electron chi connectivity index (χ3n) is 8.54. The Hall–Kier alpha value is -5.50. The first-order valence-electron chi connectivity index (χ1n) is 15.6. The van der Waals surface area contributed by atoms with Gasteiger partial charge in [-0.2, -0.15) is 22.0 Å². The highest BCUT2D eigenvalue weighted by Crippen LogP contribution is 2.31. The Kier molecular flexibility index (Phi) is 9.73. The number of hydrogen-bond acceptors (Lipinski definition) is 6. The highest BCUT2D eigenvalue weighted by molar-refractivity contribution is 6.05. The molecule has 14 heteroatoms. The minimum absolute atomic E-state index is 0.0912. The number of alkyl halides is 5. The summed E-state index contributed by atoms with van der Waals surface area (Å²) in [6, 6.07) is 21.0. The molecule has 0 bridgehead atoms. The first-order valence-corrected chi connectivity index (χ1v) is 15.6. The summed E-state index contributed by atoms with van der Waals surface area (Å²) < 4.78 is 75.7. The van der Waals surface area contributed by atoms with Gasteiger partial charge in [0.15, 0.2) is 0 Å². The second kappa shape index (κ2) is 14.2. The topological polar surface area (TPSA) is 80.1 Å². The number of ether oxygens (including phenoxy) is 2. The molecule has 0 spiro atoms. The van der Waals surface area contributed by atoms with Crippen LogP contribution in [0.2, 0.25) is 0 Å². The average molecular weight is 694 g/mol. The highest BCUT2D eigenvalue weighted by Gasteiger charge is 2.30. The van der Waals surface area contributed by atoms with Crippen molar-refractivity contribution in [2.24, 2.45) is 7.05 Å². The van der Waals surface area contributed by atoms with Crippen LogP contribution in [0.4, 0.5) is 27.6 Å². The van der Waals surface area contributed by atoms with E-state index in [1.807, 2.05) is 28.6 Å². The van der Waals surface area contributed by atoms with Gasteiger partial charge in [0.2, 0.25) is 5.88 Å². The van der Waals surface area contributed by atoms with Crippen molar-refractivity contribution in [1.82, 2.24) is 19.4 Å². The third-order valence-corrected chi connectivity index (χ3v) is 8.54. The molecule has 0 atom stereocenters. The lowest BCUT2D eigenvalue weighted by Crippen LogP contribution is -2.48. The van der Waals surface area contributed by atoms with Crippen molar-refractivity contribution >= 4 is 28.4 Å². The van der Waals surface area contributed by atoms with E-state index in [4.69, 9.17) is 4.74 Å². The maximum atomic E-state index is 13.5. The maximum Gasteiger partial charge on any atom is 0.416 e. The molecule has 1 fully saturated rings. The fourth-order valence-corrected chi connectivity index (χ4v) is 5.75. The minimum atomic E-state index is -4.49. The summed E-state index contributed by atoms with van der Waals surface area (Å²) in [5.74, 6) is 0.258. The van der Waals surface area contributed by atoms with Crippen molar-refractivity contribution in [3.8, 4) is 17.4 Å². The molecular weight excluding hydrogens is 661 g/mol. The van der Waals surface area contributed by atoms with Gasteiger partial charge >= 0.3 is 12.8 Å². The predicted octanol–water partition coefficient (Wildman–Crippen LogP) is 7.22. The fourth-order valence-electron chi connectivity index (χ4n) is 5.75. The Morgan fingerprint density at radius 3 is 2.18 bits per heavy atom. The van der Waals surface area contributed by atoms with E-state index in [0.29, 0.717) is 49.9 Å². The first kappa shape index (κ1) is 34.4. The molecule has 0 radical (unpaired) electrons. The van der Waals surface area contributed by atoms with Crippen LogP contribution in [-0.4, -0.2) is 71.0 Å². The number of carbonyl (C=O) groups excluding carboxylic acids is 2. The van der Waals surface area contributed by atoms with E-state index >= 15 is 0 Å². The number of anilines is 1. The second-order valence-electron chi connectivity index (χ2n) is 11.8. The summed E-state index contributed by atoms with van der Waals surface area (Å²) in [6.07, 6.45) is -3.07. The van der Waals surface area contributed by atoms with E-state index in [2.05, 4.69) is 14.6 Å². The van der Waals surface area contributed by atoms with Crippen LogP contribution >= 0.6 is 0 Å². The van der Waals surface area contributed by atoms with Crippen LogP contribution in [0, 0.1) is 0 Å². The number of fused-ring (bicyclic) bond motifs is 1. The fraction of sp³-hybridized carbons (Fsp3) is 0.250. The van der Waals surface area contributed by atoms with Gasteiger partial charge < -0.3 is 23.8 Å². The molecule has 0 saturated carbocycles. The van der Waals surface area contributed by atoms with Crippen molar-refractivity contribution in [2.45, 2.75) is 19.3 Å². The summed E-state index contributed by atoms with van der Waals surface area (Å²) in [6.45, 7) is 0.154. The predicted molar refractivity (Wildman–Crippen MR) is 176 cm³/mol. The Morgan fingerprint density at radius 2 is 1.56 bits per heavy atom. The molecule has 1 aliphatic rings. The number of benzene rings is 3. The molecule has 1 saturated heterocycles. The summed E-state index contributed by atoms with van der Waals surface area (Å²) in [5.41, 5.74) is 1.95. The molecule has 3 heterocycles. The molecule has 260 valence electrons. The molecule has 0 unspecified atom stereocenters. The Labute approximate surface area is 284 Å². The van der Waals surface area contributed by atoms with Gasteiger partial charge in [0.1, 0.15) is 17.2 Å². The Morgan fingerprint density at radius 1 is 0.880 bits per heavy atom. The number of rotatable bonds is 9. The van der Waals surface area contributed by atoms with E-state index in [-0.39, 0.29) is 23.1 Å². The zero-order valence-corrected chi connectivity index (χ0v) is 27.0. The van der Waals surface area contributed by atoms with Gasteiger partial charge in [0, 0.05) is 69.9 Å². The molecule has 3 aromatic carbocycles. The Balaban J connectivity index is 1.05. The van der Waals surface area contributed by atoms with Gasteiger partial charge in [-0.1, -0.05) is 12.1 Å². The quantitative estimate of drug-likeness (QED) is 0.152. The van der Waals surface area contributed by atoms with Gasteiger partial charge in [0.25, 0.3) is 11.8 Å². The number of amides is 2. The number of aromatic nitrogens is 2. The summed E-state index contributed by atoms with van der Waals surface area (Å²) in [5, 5.41) is 0.854. The monoisotopic (exact) mass is 693 g/mol. The van der Waals surface area contributed by atoms with Crippen LogP contribution in [-0.2, 0) is 19.8 Å². The van der Waals surface area contributed by atoms with Crippen molar-refractivity contribution in [1.29, 1.82) is 0 Å². The number of carbonyl (C=O) groups is 2. The van der Waals surface area contributed by atoms with Crippen LogP contribution in [0.3, 0.4) is 0 Å².